The Hall–Kier alpha value is -3.84. The molecule has 1 unspecified atom stereocenters. The van der Waals surface area contributed by atoms with Crippen molar-refractivity contribution in [2.75, 3.05) is 4.90 Å². The van der Waals surface area contributed by atoms with Gasteiger partial charge in [0.2, 0.25) is 0 Å². The van der Waals surface area contributed by atoms with Crippen molar-refractivity contribution in [2.45, 2.75) is 12.5 Å². The fourth-order valence-electron chi connectivity index (χ4n) is 5.04. The van der Waals surface area contributed by atoms with E-state index in [1.807, 2.05) is 6.08 Å². The number of para-hydroxylation sites is 1. The average molecular weight is 398 g/mol. The molecule has 148 valence electrons. The first-order valence-electron chi connectivity index (χ1n) is 10.8. The van der Waals surface area contributed by atoms with Crippen LogP contribution >= 0.6 is 0 Å². The SMILES string of the molecule is C=Cc1ccc(N(c2ccccc2)C2C=Cc3ccc4cccc5c4c3C2=CC5)cc1. The Morgan fingerprint density at radius 3 is 2.42 bits per heavy atom. The van der Waals surface area contributed by atoms with E-state index in [1.165, 1.54) is 44.4 Å². The molecule has 0 saturated carbocycles. The summed E-state index contributed by atoms with van der Waals surface area (Å²) >= 11 is 0. The third-order valence-corrected chi connectivity index (χ3v) is 6.49. The number of benzene rings is 4. The van der Waals surface area contributed by atoms with Crippen LogP contribution in [0.15, 0.2) is 104 Å². The molecule has 0 N–H and O–H groups in total. The predicted molar refractivity (Wildman–Crippen MR) is 134 cm³/mol. The Morgan fingerprint density at radius 2 is 1.61 bits per heavy atom. The second-order valence-corrected chi connectivity index (χ2v) is 8.21. The molecule has 0 saturated heterocycles. The zero-order valence-electron chi connectivity index (χ0n) is 17.3. The molecule has 1 nitrogen and oxygen atoms in total. The summed E-state index contributed by atoms with van der Waals surface area (Å²) in [5, 5.41) is 2.75. The molecule has 31 heavy (non-hydrogen) atoms. The molecule has 0 heterocycles. The largest absolute Gasteiger partial charge is 0.330 e. The minimum Gasteiger partial charge on any atom is -0.330 e. The van der Waals surface area contributed by atoms with Gasteiger partial charge in [-0.25, -0.2) is 0 Å². The lowest BCUT2D eigenvalue weighted by Crippen LogP contribution is -2.33. The number of rotatable bonds is 4. The van der Waals surface area contributed by atoms with E-state index >= 15 is 0 Å². The van der Waals surface area contributed by atoms with E-state index in [0.717, 1.165) is 12.0 Å². The first kappa shape index (κ1) is 18.0. The summed E-state index contributed by atoms with van der Waals surface area (Å²) in [6.07, 6.45) is 9.95. The van der Waals surface area contributed by atoms with Crippen LogP contribution in [0.1, 0.15) is 22.3 Å². The number of anilines is 2. The van der Waals surface area contributed by atoms with E-state index in [4.69, 9.17) is 0 Å². The first-order chi connectivity index (χ1) is 15.3. The van der Waals surface area contributed by atoms with Crippen molar-refractivity contribution in [3.63, 3.8) is 0 Å². The summed E-state index contributed by atoms with van der Waals surface area (Å²) < 4.78 is 0. The minimum absolute atomic E-state index is 0.142. The van der Waals surface area contributed by atoms with E-state index in [-0.39, 0.29) is 6.04 Å². The van der Waals surface area contributed by atoms with E-state index in [0.29, 0.717) is 0 Å². The molecule has 4 aromatic carbocycles. The molecule has 0 amide bonds. The van der Waals surface area contributed by atoms with Crippen molar-refractivity contribution in [1.82, 2.24) is 0 Å². The Kier molecular flexibility index (Phi) is 4.14. The van der Waals surface area contributed by atoms with Crippen molar-refractivity contribution in [1.29, 1.82) is 0 Å². The quantitative estimate of drug-likeness (QED) is 0.342. The van der Waals surface area contributed by atoms with Crippen LogP contribution in [-0.4, -0.2) is 6.04 Å². The molecule has 2 aliphatic rings. The van der Waals surface area contributed by atoms with Gasteiger partial charge in [0.25, 0.3) is 0 Å². The van der Waals surface area contributed by atoms with Crippen LogP contribution < -0.4 is 4.90 Å². The fraction of sp³-hybridized carbons (Fsp3) is 0.0667. The van der Waals surface area contributed by atoms with Gasteiger partial charge in [0.1, 0.15) is 0 Å². The predicted octanol–water partition coefficient (Wildman–Crippen LogP) is 7.66. The number of hydrogen-bond donors (Lipinski definition) is 0. The molecule has 1 atom stereocenters. The summed E-state index contributed by atoms with van der Waals surface area (Å²) in [4.78, 5) is 2.45. The molecular formula is C30H23N. The summed E-state index contributed by atoms with van der Waals surface area (Å²) in [6, 6.07) is 30.7. The van der Waals surface area contributed by atoms with Gasteiger partial charge in [-0.05, 0) is 69.3 Å². The Balaban J connectivity index is 1.55. The smallest absolute Gasteiger partial charge is 0.0782 e. The Labute approximate surface area is 183 Å². The first-order valence-corrected chi connectivity index (χ1v) is 10.8. The van der Waals surface area contributed by atoms with Gasteiger partial charge in [-0.1, -0.05) is 91.5 Å². The summed E-state index contributed by atoms with van der Waals surface area (Å²) in [5.74, 6) is 0. The molecule has 6 rings (SSSR count). The lowest BCUT2D eigenvalue weighted by molar-refractivity contribution is 0.950. The van der Waals surface area contributed by atoms with Gasteiger partial charge in [-0.2, -0.15) is 0 Å². The van der Waals surface area contributed by atoms with Gasteiger partial charge in [0, 0.05) is 11.4 Å². The summed E-state index contributed by atoms with van der Waals surface area (Å²) in [7, 11) is 0. The Bertz CT molecular complexity index is 1360. The monoisotopic (exact) mass is 397 g/mol. The van der Waals surface area contributed by atoms with Crippen molar-refractivity contribution in [3.05, 3.63) is 126 Å². The number of hydrogen-bond acceptors (Lipinski definition) is 1. The average Bonchev–Trinajstić information content (AvgIpc) is 2.84. The number of allylic oxidation sites excluding steroid dienone is 1. The summed E-state index contributed by atoms with van der Waals surface area (Å²) in [6.45, 7) is 3.91. The highest BCUT2D eigenvalue weighted by Gasteiger charge is 2.30. The van der Waals surface area contributed by atoms with Crippen LogP contribution in [0.25, 0.3) is 28.5 Å². The molecule has 0 fully saturated rings. The van der Waals surface area contributed by atoms with Crippen molar-refractivity contribution in [2.24, 2.45) is 0 Å². The number of nitrogens with zero attached hydrogens (tertiary/aromatic N) is 1. The maximum absolute atomic E-state index is 3.91. The van der Waals surface area contributed by atoms with E-state index in [1.54, 1.807) is 0 Å². The normalized spacial score (nSPS) is 16.1. The van der Waals surface area contributed by atoms with Crippen molar-refractivity contribution >= 4 is 39.9 Å². The maximum Gasteiger partial charge on any atom is 0.0782 e. The third kappa shape index (κ3) is 2.85. The fourth-order valence-corrected chi connectivity index (χ4v) is 5.04. The molecular weight excluding hydrogens is 374 g/mol. The molecule has 0 spiro atoms. The second-order valence-electron chi connectivity index (χ2n) is 8.21. The highest BCUT2D eigenvalue weighted by atomic mass is 15.2. The van der Waals surface area contributed by atoms with Gasteiger partial charge in [-0.15, -0.1) is 0 Å². The van der Waals surface area contributed by atoms with E-state index in [2.05, 4.69) is 115 Å². The molecule has 0 aliphatic heterocycles. The van der Waals surface area contributed by atoms with Gasteiger partial charge < -0.3 is 4.90 Å². The van der Waals surface area contributed by atoms with Crippen molar-refractivity contribution < 1.29 is 0 Å². The van der Waals surface area contributed by atoms with Gasteiger partial charge >= 0.3 is 0 Å². The van der Waals surface area contributed by atoms with Gasteiger partial charge in [0.15, 0.2) is 0 Å². The third-order valence-electron chi connectivity index (χ3n) is 6.49. The van der Waals surface area contributed by atoms with Crippen LogP contribution in [0.4, 0.5) is 11.4 Å². The van der Waals surface area contributed by atoms with Crippen LogP contribution in [-0.2, 0) is 6.42 Å². The lowest BCUT2D eigenvalue weighted by atomic mass is 9.79. The molecule has 0 radical (unpaired) electrons. The van der Waals surface area contributed by atoms with Crippen LogP contribution in [0.5, 0.6) is 0 Å². The molecule has 2 aliphatic carbocycles. The maximum atomic E-state index is 3.91. The van der Waals surface area contributed by atoms with Gasteiger partial charge in [-0.3, -0.25) is 0 Å². The summed E-state index contributed by atoms with van der Waals surface area (Å²) in [5.41, 5.74) is 9.05. The molecule has 0 bridgehead atoms. The topological polar surface area (TPSA) is 3.24 Å². The van der Waals surface area contributed by atoms with Crippen molar-refractivity contribution in [3.8, 4) is 0 Å². The second kappa shape index (κ2) is 7.14. The van der Waals surface area contributed by atoms with E-state index < -0.39 is 0 Å². The standard InChI is InChI=1S/C30H23N/c1-2-21-11-17-26(18-12-21)31(25-9-4-3-5-10-25)28-20-16-24-14-13-22-7-6-8-23-15-19-27(28)30(24)29(22)23/h2-14,16-20,28H,1,15H2. The van der Waals surface area contributed by atoms with Gasteiger partial charge in [0.05, 0.1) is 6.04 Å². The van der Waals surface area contributed by atoms with Crippen LogP contribution in [0.3, 0.4) is 0 Å². The van der Waals surface area contributed by atoms with Crippen LogP contribution in [0.2, 0.25) is 0 Å². The zero-order chi connectivity index (χ0) is 20.8. The van der Waals surface area contributed by atoms with Crippen LogP contribution in [0, 0.1) is 0 Å². The molecule has 4 aromatic rings. The van der Waals surface area contributed by atoms with E-state index in [9.17, 15) is 0 Å². The molecule has 1 heteroatoms. The minimum atomic E-state index is 0.142. The Morgan fingerprint density at radius 1 is 0.806 bits per heavy atom. The molecule has 0 aromatic heterocycles. The highest BCUT2D eigenvalue weighted by molar-refractivity contribution is 6.04. The lowest BCUT2D eigenvalue weighted by Gasteiger charge is -2.38. The zero-order valence-corrected chi connectivity index (χ0v) is 17.3. The highest BCUT2D eigenvalue weighted by Crippen LogP contribution is 2.44.